The highest BCUT2D eigenvalue weighted by molar-refractivity contribution is 6.12. The summed E-state index contributed by atoms with van der Waals surface area (Å²) in [7, 11) is 0. The van der Waals surface area contributed by atoms with Gasteiger partial charge in [0.1, 0.15) is 0 Å². The van der Waals surface area contributed by atoms with Crippen LogP contribution in [-0.4, -0.2) is 0 Å². The van der Waals surface area contributed by atoms with Crippen molar-refractivity contribution in [3.8, 4) is 11.1 Å². The lowest BCUT2D eigenvalue weighted by atomic mass is 9.68. The summed E-state index contributed by atoms with van der Waals surface area (Å²) in [4.78, 5) is 0. The number of benzene rings is 4. The van der Waals surface area contributed by atoms with Crippen molar-refractivity contribution < 1.29 is 0 Å². The molecule has 0 heteroatoms. The van der Waals surface area contributed by atoms with E-state index in [9.17, 15) is 0 Å². The Morgan fingerprint density at radius 2 is 1.38 bits per heavy atom. The molecule has 4 aliphatic carbocycles. The highest BCUT2D eigenvalue weighted by atomic mass is 14.6. The average Bonchev–Trinajstić information content (AvgIpc) is 3.39. The summed E-state index contributed by atoms with van der Waals surface area (Å²) >= 11 is 0. The van der Waals surface area contributed by atoms with Crippen LogP contribution in [0.2, 0.25) is 0 Å². The lowest BCUT2D eigenvalue weighted by Crippen LogP contribution is -2.26. The fraction of sp³-hybridized carbons (Fsp3) is 0.282. The zero-order valence-electron chi connectivity index (χ0n) is 24.2. The highest BCUT2D eigenvalue weighted by Gasteiger charge is 2.54. The smallest absolute Gasteiger partial charge is 0.0443 e. The third-order valence-electron chi connectivity index (χ3n) is 10.3. The number of allylic oxidation sites excluding steroid dienone is 6. The number of hydrogen-bond donors (Lipinski definition) is 0. The topological polar surface area (TPSA) is 0 Å². The van der Waals surface area contributed by atoms with Crippen LogP contribution in [0.3, 0.4) is 0 Å². The molecule has 0 amide bonds. The van der Waals surface area contributed by atoms with Crippen LogP contribution < -0.4 is 0 Å². The van der Waals surface area contributed by atoms with Gasteiger partial charge in [0, 0.05) is 16.2 Å². The Morgan fingerprint density at radius 3 is 2.18 bits per heavy atom. The number of aryl methyl sites for hydroxylation is 1. The summed E-state index contributed by atoms with van der Waals surface area (Å²) in [5.41, 5.74) is 18.9. The monoisotopic (exact) mass is 504 g/mol. The van der Waals surface area contributed by atoms with Crippen LogP contribution in [0, 0.1) is 6.92 Å². The maximum Gasteiger partial charge on any atom is 0.0443 e. The predicted octanol–water partition coefficient (Wildman–Crippen LogP) is 10.2. The third-order valence-corrected chi connectivity index (χ3v) is 10.3. The molecule has 1 spiro atoms. The van der Waals surface area contributed by atoms with Crippen molar-refractivity contribution in [1.29, 1.82) is 0 Å². The highest BCUT2D eigenvalue weighted by Crippen LogP contribution is 2.67. The molecule has 0 heterocycles. The summed E-state index contributed by atoms with van der Waals surface area (Å²) in [5.74, 6) is 0. The van der Waals surface area contributed by atoms with E-state index >= 15 is 0 Å². The SMILES string of the molecule is CC1=CC2(CC(C)=C1)c1ccc3c(c1-c1ccc4cc(C)ccc4c12)C(C)(C)C1=C3C(C)(C)c2ccccc21. The van der Waals surface area contributed by atoms with Crippen LogP contribution in [-0.2, 0) is 16.2 Å². The Hall–Kier alpha value is -3.64. The third kappa shape index (κ3) is 2.66. The summed E-state index contributed by atoms with van der Waals surface area (Å²) < 4.78 is 0. The van der Waals surface area contributed by atoms with Gasteiger partial charge < -0.3 is 0 Å². The Kier molecular flexibility index (Phi) is 4.24. The molecular weight excluding hydrogens is 468 g/mol. The van der Waals surface area contributed by atoms with Gasteiger partial charge in [-0.2, -0.15) is 0 Å². The van der Waals surface area contributed by atoms with E-state index in [4.69, 9.17) is 0 Å². The van der Waals surface area contributed by atoms with Crippen LogP contribution in [0.1, 0.15) is 86.9 Å². The van der Waals surface area contributed by atoms with E-state index in [0.717, 1.165) is 6.42 Å². The summed E-state index contributed by atoms with van der Waals surface area (Å²) in [6.07, 6.45) is 6.00. The minimum Gasteiger partial charge on any atom is -0.0715 e. The number of fused-ring (bicyclic) bond motifs is 12. The zero-order chi connectivity index (χ0) is 27.1. The van der Waals surface area contributed by atoms with Crippen molar-refractivity contribution in [1.82, 2.24) is 0 Å². The Morgan fingerprint density at radius 1 is 0.641 bits per heavy atom. The molecule has 1 unspecified atom stereocenters. The molecule has 0 bridgehead atoms. The molecule has 0 radical (unpaired) electrons. The van der Waals surface area contributed by atoms with Crippen LogP contribution >= 0.6 is 0 Å². The number of hydrogen-bond acceptors (Lipinski definition) is 0. The first-order valence-electron chi connectivity index (χ1n) is 14.5. The summed E-state index contributed by atoms with van der Waals surface area (Å²) in [6.45, 7) is 16.6. The molecule has 0 saturated heterocycles. The molecular formula is C39H36. The zero-order valence-corrected chi connectivity index (χ0v) is 24.2. The van der Waals surface area contributed by atoms with Gasteiger partial charge in [-0.05, 0) is 93.6 Å². The van der Waals surface area contributed by atoms with Crippen LogP contribution in [0.25, 0.3) is 33.0 Å². The van der Waals surface area contributed by atoms with E-state index in [1.54, 1.807) is 0 Å². The average molecular weight is 505 g/mol. The molecule has 0 fully saturated rings. The van der Waals surface area contributed by atoms with Gasteiger partial charge in [0.25, 0.3) is 0 Å². The number of rotatable bonds is 0. The quantitative estimate of drug-likeness (QED) is 0.223. The first-order chi connectivity index (χ1) is 18.6. The Bertz CT molecular complexity index is 1900. The molecule has 4 aromatic carbocycles. The van der Waals surface area contributed by atoms with Gasteiger partial charge in [-0.1, -0.05) is 123 Å². The van der Waals surface area contributed by atoms with E-state index in [1.807, 2.05) is 0 Å². The van der Waals surface area contributed by atoms with Gasteiger partial charge >= 0.3 is 0 Å². The molecule has 0 N–H and O–H groups in total. The largest absolute Gasteiger partial charge is 0.0715 e. The van der Waals surface area contributed by atoms with Gasteiger partial charge in [-0.15, -0.1) is 0 Å². The van der Waals surface area contributed by atoms with Gasteiger partial charge in [-0.3, -0.25) is 0 Å². The van der Waals surface area contributed by atoms with E-state index in [2.05, 4.69) is 127 Å². The second-order valence-electron chi connectivity index (χ2n) is 13.7. The molecule has 1 atom stereocenters. The second-order valence-corrected chi connectivity index (χ2v) is 13.7. The fourth-order valence-corrected chi connectivity index (χ4v) is 9.15. The van der Waals surface area contributed by atoms with Crippen LogP contribution in [0.4, 0.5) is 0 Å². The van der Waals surface area contributed by atoms with Crippen molar-refractivity contribution in [3.63, 3.8) is 0 Å². The summed E-state index contributed by atoms with van der Waals surface area (Å²) in [6, 6.07) is 26.0. The fourth-order valence-electron chi connectivity index (χ4n) is 9.15. The van der Waals surface area contributed by atoms with Crippen molar-refractivity contribution in [3.05, 3.63) is 129 Å². The van der Waals surface area contributed by atoms with Crippen LogP contribution in [0.5, 0.6) is 0 Å². The molecule has 0 nitrogen and oxygen atoms in total. The van der Waals surface area contributed by atoms with E-state index in [0.29, 0.717) is 0 Å². The summed E-state index contributed by atoms with van der Waals surface area (Å²) in [5, 5.41) is 2.76. The van der Waals surface area contributed by atoms with E-state index in [1.165, 1.54) is 83.1 Å². The van der Waals surface area contributed by atoms with Crippen molar-refractivity contribution in [2.75, 3.05) is 0 Å². The van der Waals surface area contributed by atoms with E-state index in [-0.39, 0.29) is 16.2 Å². The van der Waals surface area contributed by atoms with Crippen LogP contribution in [0.15, 0.2) is 90.0 Å². The normalized spacial score (nSPS) is 22.8. The molecule has 8 rings (SSSR count). The Balaban J connectivity index is 1.50. The molecule has 39 heavy (non-hydrogen) atoms. The molecule has 192 valence electrons. The minimum absolute atomic E-state index is 0.0105. The molecule has 4 aliphatic rings. The second kappa shape index (κ2) is 7.11. The molecule has 0 saturated carbocycles. The lowest BCUT2D eigenvalue weighted by Gasteiger charge is -2.35. The van der Waals surface area contributed by atoms with Gasteiger partial charge in [-0.25, -0.2) is 0 Å². The standard InChI is InChI=1S/C39H36/c1-22-12-14-26-25(19-22)13-15-28-32-31(39(33(26)28)20-23(2)18-24(3)21-39)17-16-29-34(32)38(6,7)35-27-10-8-9-11-30(27)37(4,5)36(29)35/h8-20H,21H2,1-7H3. The van der Waals surface area contributed by atoms with Gasteiger partial charge in [0.2, 0.25) is 0 Å². The van der Waals surface area contributed by atoms with Gasteiger partial charge in [0.05, 0.1) is 0 Å². The molecule has 0 aromatic heterocycles. The minimum atomic E-state index is -0.131. The van der Waals surface area contributed by atoms with Crippen molar-refractivity contribution >= 4 is 21.9 Å². The molecule has 4 aromatic rings. The van der Waals surface area contributed by atoms with Crippen molar-refractivity contribution in [2.24, 2.45) is 0 Å². The molecule has 0 aliphatic heterocycles. The maximum absolute atomic E-state index is 2.58. The predicted molar refractivity (Wildman–Crippen MR) is 166 cm³/mol. The maximum atomic E-state index is 2.58. The Labute approximate surface area is 232 Å². The first-order valence-corrected chi connectivity index (χ1v) is 14.5. The lowest BCUT2D eigenvalue weighted by molar-refractivity contribution is 0.638. The van der Waals surface area contributed by atoms with E-state index < -0.39 is 0 Å². The van der Waals surface area contributed by atoms with Crippen molar-refractivity contribution in [2.45, 2.75) is 71.1 Å². The first kappa shape index (κ1) is 23.3. The van der Waals surface area contributed by atoms with Gasteiger partial charge in [0.15, 0.2) is 0 Å².